The highest BCUT2D eigenvalue weighted by molar-refractivity contribution is 5.96. The normalized spacial score (nSPS) is 12.5. The van der Waals surface area contributed by atoms with Crippen molar-refractivity contribution in [3.63, 3.8) is 0 Å². The quantitative estimate of drug-likeness (QED) is 0.809. The zero-order valence-electron chi connectivity index (χ0n) is 12.7. The fourth-order valence-corrected chi connectivity index (χ4v) is 2.16. The van der Waals surface area contributed by atoms with E-state index < -0.39 is 35.5 Å². The van der Waals surface area contributed by atoms with Crippen LogP contribution in [0.2, 0.25) is 0 Å². The van der Waals surface area contributed by atoms with Crippen molar-refractivity contribution in [1.29, 1.82) is 0 Å². The average Bonchev–Trinajstić information content (AvgIpc) is 2.55. The lowest BCUT2D eigenvalue weighted by molar-refractivity contribution is -0.139. The number of rotatable bonds is 5. The van der Waals surface area contributed by atoms with Crippen LogP contribution in [0.3, 0.4) is 0 Å². The molecular weight excluding hydrogens is 342 g/mol. The van der Waals surface area contributed by atoms with Crippen molar-refractivity contribution in [1.82, 2.24) is 5.32 Å². The van der Waals surface area contributed by atoms with Gasteiger partial charge in [-0.15, -0.1) is 0 Å². The first kappa shape index (κ1) is 18.4. The second-order valence-corrected chi connectivity index (χ2v) is 5.24. The Labute approximate surface area is 140 Å². The zero-order chi connectivity index (χ0) is 18.6. The maximum atomic E-state index is 13.6. The monoisotopic (exact) mass is 355 g/mol. The van der Waals surface area contributed by atoms with E-state index in [4.69, 9.17) is 0 Å². The van der Waals surface area contributed by atoms with Crippen molar-refractivity contribution in [2.24, 2.45) is 0 Å². The van der Waals surface area contributed by atoms with Crippen LogP contribution in [0.4, 0.5) is 17.6 Å². The number of carbonyl (C=O) groups is 2. The number of carboxylic acid groups (broad SMARTS) is 1. The van der Waals surface area contributed by atoms with E-state index in [0.717, 1.165) is 24.3 Å². The van der Waals surface area contributed by atoms with Crippen LogP contribution >= 0.6 is 0 Å². The van der Waals surface area contributed by atoms with Crippen molar-refractivity contribution in [3.8, 4) is 0 Å². The summed E-state index contributed by atoms with van der Waals surface area (Å²) >= 11 is 0. The lowest BCUT2D eigenvalue weighted by Gasteiger charge is -2.16. The van der Waals surface area contributed by atoms with Gasteiger partial charge in [0.05, 0.1) is 5.56 Å². The number of alkyl halides is 3. The molecule has 2 aromatic rings. The minimum Gasteiger partial charge on any atom is -0.480 e. The minimum absolute atomic E-state index is 0.0687. The third-order valence-electron chi connectivity index (χ3n) is 3.44. The molecule has 0 aromatic heterocycles. The molecule has 0 aliphatic heterocycles. The molecule has 25 heavy (non-hydrogen) atoms. The highest BCUT2D eigenvalue weighted by atomic mass is 19.4. The summed E-state index contributed by atoms with van der Waals surface area (Å²) in [4.78, 5) is 23.4. The largest absolute Gasteiger partial charge is 0.480 e. The smallest absolute Gasteiger partial charge is 0.416 e. The van der Waals surface area contributed by atoms with E-state index in [1.807, 2.05) is 0 Å². The molecule has 8 heteroatoms. The van der Waals surface area contributed by atoms with Gasteiger partial charge in [0.15, 0.2) is 0 Å². The van der Waals surface area contributed by atoms with Crippen LogP contribution in [-0.4, -0.2) is 23.0 Å². The Kier molecular flexibility index (Phi) is 5.41. The first-order chi connectivity index (χ1) is 11.7. The summed E-state index contributed by atoms with van der Waals surface area (Å²) < 4.78 is 51.7. The van der Waals surface area contributed by atoms with Gasteiger partial charge in [0.25, 0.3) is 5.91 Å². The molecule has 2 rings (SSSR count). The first-order valence-corrected chi connectivity index (χ1v) is 7.13. The van der Waals surface area contributed by atoms with E-state index in [1.165, 1.54) is 18.2 Å². The van der Waals surface area contributed by atoms with Gasteiger partial charge in [0, 0.05) is 12.0 Å². The number of carboxylic acids is 1. The van der Waals surface area contributed by atoms with Gasteiger partial charge in [0.1, 0.15) is 11.9 Å². The van der Waals surface area contributed by atoms with E-state index in [9.17, 15) is 32.3 Å². The average molecular weight is 355 g/mol. The van der Waals surface area contributed by atoms with E-state index in [1.54, 1.807) is 0 Å². The standard InChI is InChI=1S/C17H13F4NO3/c18-13-7-2-1-4-10(13)9-14(16(24)25)22-15(23)11-5-3-6-12(8-11)17(19,20)21/h1-8,14H,9H2,(H,22,23)(H,24,25)/t14-/m1/s1. The Balaban J connectivity index is 2.18. The molecule has 0 aliphatic rings. The van der Waals surface area contributed by atoms with Crippen LogP contribution < -0.4 is 5.32 Å². The molecule has 2 aromatic carbocycles. The van der Waals surface area contributed by atoms with Crippen molar-refractivity contribution in [3.05, 3.63) is 71.0 Å². The Hall–Kier alpha value is -2.90. The van der Waals surface area contributed by atoms with E-state index in [-0.39, 0.29) is 17.5 Å². The number of aliphatic carboxylic acids is 1. The maximum Gasteiger partial charge on any atom is 0.416 e. The highest BCUT2D eigenvalue weighted by Gasteiger charge is 2.31. The lowest BCUT2D eigenvalue weighted by atomic mass is 10.0. The van der Waals surface area contributed by atoms with Gasteiger partial charge in [-0.25, -0.2) is 9.18 Å². The van der Waals surface area contributed by atoms with Crippen LogP contribution in [0.15, 0.2) is 48.5 Å². The number of hydrogen-bond acceptors (Lipinski definition) is 2. The zero-order valence-corrected chi connectivity index (χ0v) is 12.7. The molecule has 4 nitrogen and oxygen atoms in total. The molecule has 0 aliphatic carbocycles. The number of benzene rings is 2. The second kappa shape index (κ2) is 7.33. The molecule has 0 saturated heterocycles. The van der Waals surface area contributed by atoms with Crippen molar-refractivity contribution < 1.29 is 32.3 Å². The molecule has 0 spiro atoms. The number of halogens is 4. The summed E-state index contributed by atoms with van der Waals surface area (Å²) in [5, 5.41) is 11.3. The van der Waals surface area contributed by atoms with Crippen molar-refractivity contribution >= 4 is 11.9 Å². The number of nitrogens with one attached hydrogen (secondary N) is 1. The van der Waals surface area contributed by atoms with Crippen molar-refractivity contribution in [2.45, 2.75) is 18.6 Å². The van der Waals surface area contributed by atoms with Gasteiger partial charge in [-0.2, -0.15) is 13.2 Å². The Morgan fingerprint density at radius 2 is 1.76 bits per heavy atom. The molecule has 132 valence electrons. The summed E-state index contributed by atoms with van der Waals surface area (Å²) in [6.07, 6.45) is -4.97. The molecule has 2 N–H and O–H groups in total. The van der Waals surface area contributed by atoms with Crippen LogP contribution in [0.25, 0.3) is 0 Å². The molecule has 0 saturated carbocycles. The number of hydrogen-bond donors (Lipinski definition) is 2. The predicted molar refractivity (Wildman–Crippen MR) is 80.4 cm³/mol. The molecule has 0 radical (unpaired) electrons. The molecule has 0 bridgehead atoms. The second-order valence-electron chi connectivity index (χ2n) is 5.24. The maximum absolute atomic E-state index is 13.6. The fraction of sp³-hybridized carbons (Fsp3) is 0.176. The molecule has 1 amide bonds. The summed E-state index contributed by atoms with van der Waals surface area (Å²) in [7, 11) is 0. The fourth-order valence-electron chi connectivity index (χ4n) is 2.16. The number of amides is 1. The SMILES string of the molecule is O=C(N[C@H](Cc1ccccc1F)C(=O)O)c1cccc(C(F)(F)F)c1. The van der Waals surface area contributed by atoms with Gasteiger partial charge in [0.2, 0.25) is 0 Å². The number of carbonyl (C=O) groups excluding carboxylic acids is 1. The summed E-state index contributed by atoms with van der Waals surface area (Å²) in [5.41, 5.74) is -1.30. The molecule has 0 fully saturated rings. The summed E-state index contributed by atoms with van der Waals surface area (Å²) in [5.74, 6) is -3.06. The Morgan fingerprint density at radius 3 is 2.36 bits per heavy atom. The van der Waals surface area contributed by atoms with E-state index in [2.05, 4.69) is 5.32 Å². The van der Waals surface area contributed by atoms with Gasteiger partial charge < -0.3 is 10.4 Å². The van der Waals surface area contributed by atoms with Gasteiger partial charge in [-0.05, 0) is 29.8 Å². The molecule has 0 unspecified atom stereocenters. The van der Waals surface area contributed by atoms with Gasteiger partial charge >= 0.3 is 12.1 Å². The van der Waals surface area contributed by atoms with Crippen LogP contribution in [0, 0.1) is 5.82 Å². The van der Waals surface area contributed by atoms with Crippen molar-refractivity contribution in [2.75, 3.05) is 0 Å². The van der Waals surface area contributed by atoms with Crippen LogP contribution in [-0.2, 0) is 17.4 Å². The lowest BCUT2D eigenvalue weighted by Crippen LogP contribution is -2.42. The third-order valence-corrected chi connectivity index (χ3v) is 3.44. The molecular formula is C17H13F4NO3. The van der Waals surface area contributed by atoms with E-state index in [0.29, 0.717) is 6.07 Å². The Morgan fingerprint density at radius 1 is 1.08 bits per heavy atom. The van der Waals surface area contributed by atoms with E-state index >= 15 is 0 Å². The highest BCUT2D eigenvalue weighted by Crippen LogP contribution is 2.29. The van der Waals surface area contributed by atoms with Gasteiger partial charge in [-0.3, -0.25) is 4.79 Å². The van der Waals surface area contributed by atoms with Gasteiger partial charge in [-0.1, -0.05) is 24.3 Å². The summed E-state index contributed by atoms with van der Waals surface area (Å²) in [6.45, 7) is 0. The summed E-state index contributed by atoms with van der Waals surface area (Å²) in [6, 6.07) is 7.55. The molecule has 0 heterocycles. The Bertz CT molecular complexity index is 789. The van der Waals surface area contributed by atoms with Crippen LogP contribution in [0.5, 0.6) is 0 Å². The predicted octanol–water partition coefficient (Wildman–Crippen LogP) is 3.27. The minimum atomic E-state index is -4.63. The first-order valence-electron chi connectivity index (χ1n) is 7.13. The third kappa shape index (κ3) is 4.79. The molecule has 1 atom stereocenters. The van der Waals surface area contributed by atoms with Crippen LogP contribution in [0.1, 0.15) is 21.5 Å². The topological polar surface area (TPSA) is 66.4 Å².